The number of anilines is 1. The SMILES string of the molecule is C=CCCCCc1c(C)nc2ncnn2c1N. The summed E-state index contributed by atoms with van der Waals surface area (Å²) < 4.78 is 1.59. The van der Waals surface area contributed by atoms with Crippen LogP contribution in [0.5, 0.6) is 0 Å². The summed E-state index contributed by atoms with van der Waals surface area (Å²) in [6.45, 7) is 5.68. The molecular weight excluding hydrogens is 214 g/mol. The average molecular weight is 231 g/mol. The third-order valence-corrected chi connectivity index (χ3v) is 2.86. The second-order valence-corrected chi connectivity index (χ2v) is 4.07. The van der Waals surface area contributed by atoms with Gasteiger partial charge in [-0.25, -0.2) is 4.98 Å². The number of nitrogen functional groups attached to an aromatic ring is 1. The van der Waals surface area contributed by atoms with Gasteiger partial charge in [0.1, 0.15) is 12.1 Å². The maximum atomic E-state index is 6.08. The van der Waals surface area contributed by atoms with Crippen molar-refractivity contribution >= 4 is 11.6 Å². The van der Waals surface area contributed by atoms with E-state index in [1.54, 1.807) is 4.52 Å². The maximum Gasteiger partial charge on any atom is 0.254 e. The van der Waals surface area contributed by atoms with Gasteiger partial charge in [-0.2, -0.15) is 14.6 Å². The van der Waals surface area contributed by atoms with Crippen molar-refractivity contribution in [3.05, 3.63) is 30.2 Å². The second-order valence-electron chi connectivity index (χ2n) is 4.07. The fourth-order valence-corrected chi connectivity index (χ4v) is 1.91. The van der Waals surface area contributed by atoms with Crippen LogP contribution in [0.25, 0.3) is 5.78 Å². The first-order valence-corrected chi connectivity index (χ1v) is 5.79. The summed E-state index contributed by atoms with van der Waals surface area (Å²) in [6, 6.07) is 0. The largest absolute Gasteiger partial charge is 0.383 e. The van der Waals surface area contributed by atoms with Crippen LogP contribution in [0.3, 0.4) is 0 Å². The Bertz CT molecular complexity index is 529. The molecule has 90 valence electrons. The molecule has 0 aromatic carbocycles. The monoisotopic (exact) mass is 231 g/mol. The van der Waals surface area contributed by atoms with Gasteiger partial charge in [-0.3, -0.25) is 0 Å². The highest BCUT2D eigenvalue weighted by molar-refractivity contribution is 5.49. The van der Waals surface area contributed by atoms with Crippen molar-refractivity contribution < 1.29 is 0 Å². The Morgan fingerprint density at radius 1 is 1.47 bits per heavy atom. The predicted octanol–water partition coefficient (Wildman–Crippen LogP) is 1.91. The van der Waals surface area contributed by atoms with Gasteiger partial charge in [0.2, 0.25) is 0 Å². The lowest BCUT2D eigenvalue weighted by Crippen LogP contribution is -2.08. The van der Waals surface area contributed by atoms with Crippen LogP contribution in [-0.2, 0) is 6.42 Å². The van der Waals surface area contributed by atoms with Crippen molar-refractivity contribution in [2.75, 3.05) is 5.73 Å². The number of rotatable bonds is 5. The van der Waals surface area contributed by atoms with Gasteiger partial charge in [0.15, 0.2) is 0 Å². The Hall–Kier alpha value is -1.91. The van der Waals surface area contributed by atoms with Gasteiger partial charge in [-0.05, 0) is 32.6 Å². The number of nitrogens with zero attached hydrogens (tertiary/aromatic N) is 4. The van der Waals surface area contributed by atoms with Gasteiger partial charge in [0.05, 0.1) is 0 Å². The first-order chi connectivity index (χ1) is 8.24. The number of aromatic nitrogens is 4. The van der Waals surface area contributed by atoms with E-state index in [9.17, 15) is 0 Å². The minimum atomic E-state index is 0.565. The minimum Gasteiger partial charge on any atom is -0.383 e. The molecule has 0 fully saturated rings. The van der Waals surface area contributed by atoms with Crippen LogP contribution in [0.1, 0.15) is 30.5 Å². The molecule has 0 saturated carbocycles. The third kappa shape index (κ3) is 2.27. The van der Waals surface area contributed by atoms with Crippen LogP contribution >= 0.6 is 0 Å². The summed E-state index contributed by atoms with van der Waals surface area (Å²) in [5.41, 5.74) is 8.10. The van der Waals surface area contributed by atoms with E-state index in [-0.39, 0.29) is 0 Å². The first kappa shape index (κ1) is 11.6. The highest BCUT2D eigenvalue weighted by Gasteiger charge is 2.10. The van der Waals surface area contributed by atoms with E-state index >= 15 is 0 Å². The molecule has 0 saturated heterocycles. The van der Waals surface area contributed by atoms with Gasteiger partial charge in [0.25, 0.3) is 5.78 Å². The lowest BCUT2D eigenvalue weighted by atomic mass is 10.1. The molecule has 0 unspecified atom stereocenters. The van der Waals surface area contributed by atoms with E-state index in [1.807, 2.05) is 13.0 Å². The van der Waals surface area contributed by atoms with Crippen molar-refractivity contribution in [2.45, 2.75) is 32.6 Å². The van der Waals surface area contributed by atoms with Gasteiger partial charge in [0, 0.05) is 11.3 Å². The van der Waals surface area contributed by atoms with E-state index in [1.165, 1.54) is 6.33 Å². The quantitative estimate of drug-likeness (QED) is 0.630. The number of nitrogens with two attached hydrogens (primary N) is 1. The smallest absolute Gasteiger partial charge is 0.254 e. The van der Waals surface area contributed by atoms with Crippen molar-refractivity contribution in [3.8, 4) is 0 Å². The zero-order valence-corrected chi connectivity index (χ0v) is 10.1. The summed E-state index contributed by atoms with van der Waals surface area (Å²) in [7, 11) is 0. The molecule has 0 aliphatic carbocycles. The van der Waals surface area contributed by atoms with Gasteiger partial charge < -0.3 is 5.73 Å². The number of unbranched alkanes of at least 4 members (excludes halogenated alkanes) is 2. The highest BCUT2D eigenvalue weighted by Crippen LogP contribution is 2.18. The van der Waals surface area contributed by atoms with Crippen molar-refractivity contribution in [1.29, 1.82) is 0 Å². The second kappa shape index (κ2) is 4.95. The summed E-state index contributed by atoms with van der Waals surface area (Å²) in [5, 5.41) is 4.07. The summed E-state index contributed by atoms with van der Waals surface area (Å²) in [4.78, 5) is 8.42. The predicted molar refractivity (Wildman–Crippen MR) is 67.7 cm³/mol. The number of fused-ring (bicyclic) bond motifs is 1. The number of allylic oxidation sites excluding steroid dienone is 1. The molecule has 0 spiro atoms. The summed E-state index contributed by atoms with van der Waals surface area (Å²) in [5.74, 6) is 1.22. The van der Waals surface area contributed by atoms with Crippen LogP contribution in [0.15, 0.2) is 19.0 Å². The minimum absolute atomic E-state index is 0.565. The molecule has 0 radical (unpaired) electrons. The number of hydrogen-bond donors (Lipinski definition) is 1. The Balaban J connectivity index is 2.23. The Morgan fingerprint density at radius 3 is 3.06 bits per heavy atom. The van der Waals surface area contributed by atoms with E-state index in [2.05, 4.69) is 21.6 Å². The number of hydrogen-bond acceptors (Lipinski definition) is 4. The van der Waals surface area contributed by atoms with Crippen LogP contribution < -0.4 is 5.73 Å². The Kier molecular flexibility index (Phi) is 3.37. The van der Waals surface area contributed by atoms with Gasteiger partial charge in [-0.15, -0.1) is 6.58 Å². The average Bonchev–Trinajstić information content (AvgIpc) is 2.76. The topological polar surface area (TPSA) is 69.1 Å². The standard InChI is InChI=1S/C12H17N5/c1-3-4-5-6-7-10-9(2)16-12-14-8-15-17(12)11(10)13/h3,8H,1,4-7,13H2,2H3. The summed E-state index contributed by atoms with van der Waals surface area (Å²) in [6.07, 6.45) is 7.58. The molecule has 0 aliphatic rings. The van der Waals surface area contributed by atoms with Crippen molar-refractivity contribution in [1.82, 2.24) is 19.6 Å². The maximum absolute atomic E-state index is 6.08. The van der Waals surface area contributed by atoms with Crippen LogP contribution in [0, 0.1) is 6.92 Å². The van der Waals surface area contributed by atoms with E-state index in [0.717, 1.165) is 36.9 Å². The molecule has 2 aromatic rings. The van der Waals surface area contributed by atoms with Crippen LogP contribution in [0.2, 0.25) is 0 Å². The van der Waals surface area contributed by atoms with E-state index < -0.39 is 0 Å². The molecule has 5 nitrogen and oxygen atoms in total. The molecule has 2 aromatic heterocycles. The Labute approximate surface area is 100 Å². The molecule has 2 N–H and O–H groups in total. The molecular formula is C12H17N5. The number of aryl methyl sites for hydroxylation is 1. The molecule has 0 bridgehead atoms. The molecule has 5 heteroatoms. The zero-order chi connectivity index (χ0) is 12.3. The lowest BCUT2D eigenvalue weighted by Gasteiger charge is -2.09. The zero-order valence-electron chi connectivity index (χ0n) is 10.1. The summed E-state index contributed by atoms with van der Waals surface area (Å²) >= 11 is 0. The van der Waals surface area contributed by atoms with E-state index in [4.69, 9.17) is 5.73 Å². The van der Waals surface area contributed by atoms with Crippen LogP contribution in [-0.4, -0.2) is 19.6 Å². The highest BCUT2D eigenvalue weighted by atomic mass is 15.3. The van der Waals surface area contributed by atoms with Gasteiger partial charge in [-0.1, -0.05) is 6.08 Å². The Morgan fingerprint density at radius 2 is 2.29 bits per heavy atom. The molecule has 17 heavy (non-hydrogen) atoms. The molecule has 0 atom stereocenters. The van der Waals surface area contributed by atoms with Crippen LogP contribution in [0.4, 0.5) is 5.82 Å². The molecule has 0 amide bonds. The van der Waals surface area contributed by atoms with Gasteiger partial charge >= 0.3 is 0 Å². The lowest BCUT2D eigenvalue weighted by molar-refractivity contribution is 0.737. The fourth-order valence-electron chi connectivity index (χ4n) is 1.91. The molecule has 0 aliphatic heterocycles. The molecule has 2 heterocycles. The third-order valence-electron chi connectivity index (χ3n) is 2.86. The first-order valence-electron chi connectivity index (χ1n) is 5.79. The van der Waals surface area contributed by atoms with Crippen molar-refractivity contribution in [3.63, 3.8) is 0 Å². The van der Waals surface area contributed by atoms with E-state index in [0.29, 0.717) is 11.6 Å². The normalized spacial score (nSPS) is 10.9. The van der Waals surface area contributed by atoms with Crippen molar-refractivity contribution in [2.24, 2.45) is 0 Å². The molecule has 2 rings (SSSR count). The fraction of sp³-hybridized carbons (Fsp3) is 0.417.